The molecule has 0 radical (unpaired) electrons. The van der Waals surface area contributed by atoms with Gasteiger partial charge in [-0.05, 0) is 27.8 Å². The van der Waals surface area contributed by atoms with Gasteiger partial charge in [0.25, 0.3) is 0 Å². The molecule has 106 valence electrons. The Labute approximate surface area is 117 Å². The third kappa shape index (κ3) is 2.74. The molecule has 0 aliphatic carbocycles. The summed E-state index contributed by atoms with van der Waals surface area (Å²) < 4.78 is 0. The van der Waals surface area contributed by atoms with Crippen molar-refractivity contribution in [1.82, 2.24) is 9.88 Å². The number of piperazine rings is 1. The molecule has 0 bridgehead atoms. The van der Waals surface area contributed by atoms with E-state index in [-0.39, 0.29) is 0 Å². The molecule has 19 heavy (non-hydrogen) atoms. The zero-order valence-corrected chi connectivity index (χ0v) is 12.7. The van der Waals surface area contributed by atoms with Crippen LogP contribution in [0, 0.1) is 0 Å². The molecule has 1 aliphatic rings. The Morgan fingerprint density at radius 2 is 2.21 bits per heavy atom. The largest absolute Gasteiger partial charge is 0.481 e. The van der Waals surface area contributed by atoms with E-state index in [1.54, 1.807) is 13.8 Å². The molecule has 1 unspecified atom stereocenters. The van der Waals surface area contributed by atoms with Crippen molar-refractivity contribution in [2.75, 3.05) is 31.6 Å². The molecule has 1 atom stereocenters. The minimum Gasteiger partial charge on any atom is -0.481 e. The Kier molecular flexibility index (Phi) is 3.82. The highest BCUT2D eigenvalue weighted by Crippen LogP contribution is 2.30. The van der Waals surface area contributed by atoms with Gasteiger partial charge < -0.3 is 14.9 Å². The first-order valence-electron chi connectivity index (χ1n) is 6.47. The van der Waals surface area contributed by atoms with Crippen LogP contribution in [0.2, 0.25) is 0 Å². The summed E-state index contributed by atoms with van der Waals surface area (Å²) in [6, 6.07) is 0.408. The minimum absolute atomic E-state index is 0.408. The number of carbonyl (C=O) groups is 1. The first-order valence-corrected chi connectivity index (χ1v) is 7.35. The zero-order chi connectivity index (χ0) is 14.2. The maximum Gasteiger partial charge on any atom is 0.315 e. The van der Waals surface area contributed by atoms with Gasteiger partial charge in [0.2, 0.25) is 0 Å². The molecule has 0 spiro atoms. The number of aromatic nitrogens is 1. The molecule has 1 N–H and O–H groups in total. The van der Waals surface area contributed by atoms with Crippen LogP contribution in [0.4, 0.5) is 5.13 Å². The van der Waals surface area contributed by atoms with Crippen molar-refractivity contribution in [2.24, 2.45) is 0 Å². The molecule has 1 fully saturated rings. The van der Waals surface area contributed by atoms with Gasteiger partial charge in [-0.2, -0.15) is 0 Å². The summed E-state index contributed by atoms with van der Waals surface area (Å²) in [6.07, 6.45) is 0. The van der Waals surface area contributed by atoms with E-state index in [1.807, 2.05) is 5.38 Å². The van der Waals surface area contributed by atoms with Crippen LogP contribution in [0.15, 0.2) is 5.38 Å². The van der Waals surface area contributed by atoms with Crippen LogP contribution in [0.3, 0.4) is 0 Å². The van der Waals surface area contributed by atoms with E-state index in [1.165, 1.54) is 11.3 Å². The van der Waals surface area contributed by atoms with Gasteiger partial charge in [-0.3, -0.25) is 4.79 Å². The number of rotatable bonds is 3. The fraction of sp³-hybridized carbons (Fsp3) is 0.692. The molecule has 6 heteroatoms. The van der Waals surface area contributed by atoms with Gasteiger partial charge >= 0.3 is 5.97 Å². The van der Waals surface area contributed by atoms with Gasteiger partial charge in [-0.1, -0.05) is 0 Å². The van der Waals surface area contributed by atoms with Crippen LogP contribution in [-0.2, 0) is 10.2 Å². The van der Waals surface area contributed by atoms with Gasteiger partial charge in [0, 0.05) is 31.1 Å². The van der Waals surface area contributed by atoms with Crippen molar-refractivity contribution in [3.05, 3.63) is 11.1 Å². The highest BCUT2D eigenvalue weighted by atomic mass is 32.1. The van der Waals surface area contributed by atoms with E-state index in [2.05, 4.69) is 28.8 Å². The van der Waals surface area contributed by atoms with Crippen LogP contribution in [0.1, 0.15) is 26.5 Å². The topological polar surface area (TPSA) is 56.7 Å². The lowest BCUT2D eigenvalue weighted by molar-refractivity contribution is -0.142. The van der Waals surface area contributed by atoms with E-state index >= 15 is 0 Å². The third-order valence-corrected chi connectivity index (χ3v) is 4.62. The van der Waals surface area contributed by atoms with Crippen LogP contribution in [0.5, 0.6) is 0 Å². The lowest BCUT2D eigenvalue weighted by atomic mass is 9.90. The minimum atomic E-state index is -0.926. The lowest BCUT2D eigenvalue weighted by Crippen LogP contribution is -2.50. The predicted molar refractivity (Wildman–Crippen MR) is 77.1 cm³/mol. The summed E-state index contributed by atoms with van der Waals surface area (Å²) in [4.78, 5) is 20.4. The Bertz CT molecular complexity index is 472. The first kappa shape index (κ1) is 14.3. The van der Waals surface area contributed by atoms with Crippen LogP contribution in [-0.4, -0.2) is 53.7 Å². The fourth-order valence-corrected chi connectivity index (χ4v) is 3.34. The third-order valence-electron chi connectivity index (χ3n) is 3.74. The number of hydrogen-bond donors (Lipinski definition) is 1. The molecule has 1 aromatic heterocycles. The first-order chi connectivity index (χ1) is 8.82. The number of hydrogen-bond acceptors (Lipinski definition) is 5. The summed E-state index contributed by atoms with van der Waals surface area (Å²) in [5.41, 5.74) is -0.281. The van der Waals surface area contributed by atoms with Crippen molar-refractivity contribution in [3.63, 3.8) is 0 Å². The van der Waals surface area contributed by atoms with E-state index < -0.39 is 11.4 Å². The molecule has 5 nitrogen and oxygen atoms in total. The summed E-state index contributed by atoms with van der Waals surface area (Å²) in [7, 11) is 2.12. The van der Waals surface area contributed by atoms with Crippen molar-refractivity contribution < 1.29 is 9.90 Å². The second-order valence-electron chi connectivity index (χ2n) is 5.75. The van der Waals surface area contributed by atoms with Crippen molar-refractivity contribution in [2.45, 2.75) is 32.2 Å². The second-order valence-corrected chi connectivity index (χ2v) is 6.59. The monoisotopic (exact) mass is 283 g/mol. The molecule has 1 saturated heterocycles. The molecule has 0 amide bonds. The number of likely N-dealkylation sites (N-methyl/N-ethyl adjacent to an activating group) is 1. The SMILES string of the molecule is CC1CN(C)CCN1c1nc(C(C)(C)C(=O)O)cs1. The summed E-state index contributed by atoms with van der Waals surface area (Å²) in [5.74, 6) is -0.837. The predicted octanol–water partition coefficient (Wildman–Crippen LogP) is 1.65. The maximum atomic E-state index is 11.3. The smallest absolute Gasteiger partial charge is 0.315 e. The van der Waals surface area contributed by atoms with Crippen molar-refractivity contribution in [3.8, 4) is 0 Å². The Balaban J connectivity index is 2.20. The standard InChI is InChI=1S/C13H21N3O2S/c1-9-7-15(4)5-6-16(9)12-14-10(8-19-12)13(2,3)11(17)18/h8-9H,5-7H2,1-4H3,(H,17,18). The van der Waals surface area contributed by atoms with Gasteiger partial charge in [0.15, 0.2) is 5.13 Å². The zero-order valence-electron chi connectivity index (χ0n) is 11.9. The van der Waals surface area contributed by atoms with Gasteiger partial charge in [-0.25, -0.2) is 4.98 Å². The van der Waals surface area contributed by atoms with Crippen LogP contribution < -0.4 is 4.90 Å². The molecule has 2 rings (SSSR count). The average Bonchev–Trinajstić information content (AvgIpc) is 2.78. The van der Waals surface area contributed by atoms with Crippen LogP contribution >= 0.6 is 11.3 Å². The van der Waals surface area contributed by atoms with Gasteiger partial charge in [-0.15, -0.1) is 11.3 Å². The fourth-order valence-electron chi connectivity index (χ4n) is 2.22. The number of carboxylic acids is 1. The number of thiazole rings is 1. The molecule has 1 aliphatic heterocycles. The normalized spacial score (nSPS) is 21.7. The summed E-state index contributed by atoms with van der Waals surface area (Å²) in [5, 5.41) is 12.1. The number of anilines is 1. The molecule has 2 heterocycles. The van der Waals surface area contributed by atoms with Crippen LogP contribution in [0.25, 0.3) is 0 Å². The Morgan fingerprint density at radius 3 is 2.79 bits per heavy atom. The number of carboxylic acid groups (broad SMARTS) is 1. The highest BCUT2D eigenvalue weighted by molar-refractivity contribution is 7.13. The molecule has 1 aromatic rings. The van der Waals surface area contributed by atoms with Crippen molar-refractivity contribution in [1.29, 1.82) is 0 Å². The Morgan fingerprint density at radius 1 is 1.53 bits per heavy atom. The van der Waals surface area contributed by atoms with E-state index in [0.717, 1.165) is 24.8 Å². The molecule has 0 aromatic carbocycles. The van der Waals surface area contributed by atoms with E-state index in [9.17, 15) is 9.90 Å². The lowest BCUT2D eigenvalue weighted by Gasteiger charge is -2.38. The maximum absolute atomic E-state index is 11.3. The van der Waals surface area contributed by atoms with E-state index in [4.69, 9.17) is 0 Å². The van der Waals surface area contributed by atoms with Crippen molar-refractivity contribution >= 4 is 22.4 Å². The molecular weight excluding hydrogens is 262 g/mol. The van der Waals surface area contributed by atoms with E-state index in [0.29, 0.717) is 11.7 Å². The summed E-state index contributed by atoms with van der Waals surface area (Å²) in [6.45, 7) is 8.54. The number of nitrogens with zero attached hydrogens (tertiary/aromatic N) is 3. The number of aliphatic carboxylic acids is 1. The highest BCUT2D eigenvalue weighted by Gasteiger charge is 2.33. The quantitative estimate of drug-likeness (QED) is 0.914. The second kappa shape index (κ2) is 5.09. The summed E-state index contributed by atoms with van der Waals surface area (Å²) >= 11 is 1.54. The molecule has 0 saturated carbocycles. The average molecular weight is 283 g/mol. The van der Waals surface area contributed by atoms with Gasteiger partial charge in [0.1, 0.15) is 5.41 Å². The van der Waals surface area contributed by atoms with Gasteiger partial charge in [0.05, 0.1) is 5.69 Å². The molecular formula is C13H21N3O2S. The Hall–Kier alpha value is -1.14.